The number of nitrogens with one attached hydrogen (secondary N) is 1. The number of nitrogens with zero attached hydrogens (tertiary/aromatic N) is 7. The van der Waals surface area contributed by atoms with Crippen LogP contribution in [0.1, 0.15) is 5.69 Å². The molecule has 3 aromatic heterocycles. The highest BCUT2D eigenvalue weighted by Gasteiger charge is 2.22. The van der Waals surface area contributed by atoms with Crippen LogP contribution in [0.25, 0.3) is 11.4 Å². The van der Waals surface area contributed by atoms with E-state index in [1.54, 1.807) is 34.7 Å². The molecule has 0 saturated carbocycles. The second kappa shape index (κ2) is 8.86. The van der Waals surface area contributed by atoms with Crippen molar-refractivity contribution in [1.29, 1.82) is 0 Å². The maximum atomic E-state index is 13.2. The molecule has 0 radical (unpaired) electrons. The number of benzene rings is 1. The van der Waals surface area contributed by atoms with Gasteiger partial charge in [-0.1, -0.05) is 30.0 Å². The van der Waals surface area contributed by atoms with Gasteiger partial charge in [-0.3, -0.25) is 14.3 Å². The highest BCUT2D eigenvalue weighted by Crippen LogP contribution is 2.20. The van der Waals surface area contributed by atoms with E-state index in [2.05, 4.69) is 41.8 Å². The van der Waals surface area contributed by atoms with Crippen LogP contribution in [0, 0.1) is 6.92 Å². The second-order valence-corrected chi connectivity index (χ2v) is 8.34. The molecule has 1 aromatic carbocycles. The van der Waals surface area contributed by atoms with Gasteiger partial charge in [-0.15, -0.1) is 5.10 Å². The summed E-state index contributed by atoms with van der Waals surface area (Å²) in [6, 6.07) is 12.8. The zero-order chi connectivity index (χ0) is 22.0. The van der Waals surface area contributed by atoms with Gasteiger partial charge in [0.05, 0.1) is 17.1 Å². The standard InChI is InChI=1S/C19H17BrN8O2S/c1-12-17(18(30)28(26(12)2)14-6-4-3-5-7-14)27-19(23-24-25-27)31-11-16(29)22-15-9-8-13(20)10-21-15/h3-10H,11H2,1-2H3,(H,21,22,29). The largest absolute Gasteiger partial charge is 0.310 e. The number of amides is 1. The second-order valence-electron chi connectivity index (χ2n) is 6.48. The summed E-state index contributed by atoms with van der Waals surface area (Å²) in [5.74, 6) is 0.232. The molecule has 3 heterocycles. The van der Waals surface area contributed by atoms with Gasteiger partial charge in [-0.25, -0.2) is 9.67 Å². The summed E-state index contributed by atoms with van der Waals surface area (Å²) in [4.78, 5) is 29.6. The van der Waals surface area contributed by atoms with E-state index in [0.29, 0.717) is 22.4 Å². The van der Waals surface area contributed by atoms with E-state index < -0.39 is 0 Å². The van der Waals surface area contributed by atoms with E-state index in [9.17, 15) is 9.59 Å². The minimum absolute atomic E-state index is 0.0525. The fourth-order valence-corrected chi connectivity index (χ4v) is 3.88. The van der Waals surface area contributed by atoms with Crippen molar-refractivity contribution in [3.63, 3.8) is 0 Å². The fraction of sp³-hybridized carbons (Fsp3) is 0.158. The molecule has 158 valence electrons. The Kier molecular flexibility index (Phi) is 6.00. The molecule has 0 aliphatic rings. The van der Waals surface area contributed by atoms with E-state index >= 15 is 0 Å². The molecule has 4 rings (SSSR count). The van der Waals surface area contributed by atoms with Crippen LogP contribution in [0.15, 0.2) is 63.1 Å². The van der Waals surface area contributed by atoms with Crippen LogP contribution in [0.3, 0.4) is 0 Å². The number of halogens is 1. The maximum Gasteiger partial charge on any atom is 0.297 e. The molecular formula is C19H17BrN8O2S. The minimum atomic E-state index is -0.263. The SMILES string of the molecule is Cc1c(-n2nnnc2SCC(=O)Nc2ccc(Br)cn2)c(=O)n(-c2ccccc2)n1C. The summed E-state index contributed by atoms with van der Waals surface area (Å²) in [6.07, 6.45) is 1.60. The molecule has 1 amide bonds. The van der Waals surface area contributed by atoms with E-state index in [0.717, 1.165) is 21.9 Å². The van der Waals surface area contributed by atoms with Gasteiger partial charge in [0.25, 0.3) is 5.56 Å². The molecule has 0 aliphatic carbocycles. The minimum Gasteiger partial charge on any atom is -0.310 e. The normalized spacial score (nSPS) is 10.9. The number of para-hydroxylation sites is 1. The van der Waals surface area contributed by atoms with Gasteiger partial charge in [0.15, 0.2) is 5.69 Å². The summed E-state index contributed by atoms with van der Waals surface area (Å²) >= 11 is 4.43. The van der Waals surface area contributed by atoms with Gasteiger partial charge >= 0.3 is 0 Å². The van der Waals surface area contributed by atoms with Gasteiger partial charge < -0.3 is 5.32 Å². The topological polar surface area (TPSA) is 113 Å². The van der Waals surface area contributed by atoms with Gasteiger partial charge in [-0.05, 0) is 57.5 Å². The molecule has 0 spiro atoms. The third kappa shape index (κ3) is 4.30. The van der Waals surface area contributed by atoms with Gasteiger partial charge in [-0.2, -0.15) is 4.68 Å². The maximum absolute atomic E-state index is 13.2. The monoisotopic (exact) mass is 500 g/mol. The first kappa shape index (κ1) is 21.0. The molecular weight excluding hydrogens is 484 g/mol. The highest BCUT2D eigenvalue weighted by atomic mass is 79.9. The van der Waals surface area contributed by atoms with Crippen molar-refractivity contribution in [3.8, 4) is 11.4 Å². The Morgan fingerprint density at radius 2 is 1.97 bits per heavy atom. The number of carbonyl (C=O) groups excluding carboxylic acids is 1. The van der Waals surface area contributed by atoms with Crippen LogP contribution >= 0.6 is 27.7 Å². The lowest BCUT2D eigenvalue weighted by Crippen LogP contribution is -2.22. The molecule has 0 aliphatic heterocycles. The molecule has 0 bridgehead atoms. The van der Waals surface area contributed by atoms with E-state index in [1.807, 2.05) is 37.3 Å². The number of anilines is 1. The van der Waals surface area contributed by atoms with Crippen LogP contribution in [-0.4, -0.2) is 46.2 Å². The van der Waals surface area contributed by atoms with Crippen LogP contribution in [0.5, 0.6) is 0 Å². The molecule has 4 aromatic rings. The fourth-order valence-electron chi connectivity index (χ4n) is 2.97. The molecule has 0 fully saturated rings. The summed E-state index contributed by atoms with van der Waals surface area (Å²) in [6.45, 7) is 1.82. The molecule has 0 atom stereocenters. The Hall–Kier alpha value is -3.25. The molecule has 0 unspecified atom stereocenters. The first-order valence-corrected chi connectivity index (χ1v) is 10.9. The molecule has 0 saturated heterocycles. The van der Waals surface area contributed by atoms with Crippen molar-refractivity contribution in [1.82, 2.24) is 34.6 Å². The number of hydrogen-bond acceptors (Lipinski definition) is 7. The lowest BCUT2D eigenvalue weighted by Gasteiger charge is -2.07. The first-order valence-electron chi connectivity index (χ1n) is 9.12. The van der Waals surface area contributed by atoms with Crippen LogP contribution in [0.2, 0.25) is 0 Å². The average Bonchev–Trinajstić information content (AvgIpc) is 3.31. The zero-order valence-electron chi connectivity index (χ0n) is 16.6. The summed E-state index contributed by atoms with van der Waals surface area (Å²) < 4.78 is 5.48. The van der Waals surface area contributed by atoms with E-state index in [1.165, 1.54) is 4.68 Å². The third-order valence-corrected chi connectivity index (χ3v) is 5.89. The highest BCUT2D eigenvalue weighted by molar-refractivity contribution is 9.10. The smallest absolute Gasteiger partial charge is 0.297 e. The molecule has 31 heavy (non-hydrogen) atoms. The lowest BCUT2D eigenvalue weighted by atomic mass is 10.3. The Morgan fingerprint density at radius 1 is 1.19 bits per heavy atom. The van der Waals surface area contributed by atoms with E-state index in [-0.39, 0.29) is 17.2 Å². The number of carbonyl (C=O) groups is 1. The number of aromatic nitrogens is 7. The van der Waals surface area contributed by atoms with Crippen molar-refractivity contribution in [2.75, 3.05) is 11.1 Å². The van der Waals surface area contributed by atoms with Gasteiger partial charge in [0.2, 0.25) is 11.1 Å². The Labute approximate surface area is 189 Å². The molecule has 10 nitrogen and oxygen atoms in total. The summed E-state index contributed by atoms with van der Waals surface area (Å²) in [5.41, 5.74) is 1.48. The molecule has 1 N–H and O–H groups in total. The van der Waals surface area contributed by atoms with Crippen LogP contribution in [0.4, 0.5) is 5.82 Å². The van der Waals surface area contributed by atoms with Crippen molar-refractivity contribution >= 4 is 39.4 Å². The quantitative estimate of drug-likeness (QED) is 0.404. The Bertz CT molecular complexity index is 1280. The summed E-state index contributed by atoms with van der Waals surface area (Å²) in [7, 11) is 1.79. The van der Waals surface area contributed by atoms with Crippen LogP contribution < -0.4 is 10.9 Å². The van der Waals surface area contributed by atoms with Crippen molar-refractivity contribution < 1.29 is 4.79 Å². The predicted octanol–water partition coefficient (Wildman–Crippen LogP) is 2.35. The summed E-state index contributed by atoms with van der Waals surface area (Å²) in [5, 5.41) is 14.7. The Balaban J connectivity index is 1.57. The van der Waals surface area contributed by atoms with Crippen LogP contribution in [-0.2, 0) is 11.8 Å². The number of thioether (sulfide) groups is 1. The first-order chi connectivity index (χ1) is 15.0. The average molecular weight is 501 g/mol. The molecule has 12 heteroatoms. The third-order valence-electron chi connectivity index (χ3n) is 4.50. The number of tetrazole rings is 1. The van der Waals surface area contributed by atoms with Crippen molar-refractivity contribution in [2.45, 2.75) is 12.1 Å². The predicted molar refractivity (Wildman–Crippen MR) is 120 cm³/mol. The number of pyridine rings is 1. The van der Waals surface area contributed by atoms with Crippen molar-refractivity contribution in [3.05, 3.63) is 69.2 Å². The van der Waals surface area contributed by atoms with Gasteiger partial charge in [0.1, 0.15) is 5.82 Å². The van der Waals surface area contributed by atoms with Gasteiger partial charge in [0, 0.05) is 17.7 Å². The Morgan fingerprint density at radius 3 is 2.68 bits per heavy atom. The number of rotatable bonds is 6. The van der Waals surface area contributed by atoms with Crippen molar-refractivity contribution in [2.24, 2.45) is 7.05 Å². The van der Waals surface area contributed by atoms with E-state index in [4.69, 9.17) is 0 Å². The lowest BCUT2D eigenvalue weighted by molar-refractivity contribution is -0.113. The zero-order valence-corrected chi connectivity index (χ0v) is 19.0. The number of hydrogen-bond donors (Lipinski definition) is 1.